The van der Waals surface area contributed by atoms with Crippen molar-refractivity contribution < 1.29 is 13.6 Å². The van der Waals surface area contributed by atoms with Crippen LogP contribution in [0.2, 0.25) is 0 Å². The third-order valence-corrected chi connectivity index (χ3v) is 8.41. The quantitative estimate of drug-likeness (QED) is 0.499. The SMILES string of the molecule is CCN1CCN(C(=O)NC2CC(n3cnc4cc(-c5cnn(C)c5)ccc43)=CC(C3C=CC(F)=CC3F)C2)CC1. The summed E-state index contributed by atoms with van der Waals surface area (Å²) >= 11 is 0. The van der Waals surface area contributed by atoms with Crippen LogP contribution in [0.1, 0.15) is 19.8 Å². The average Bonchev–Trinajstić information content (AvgIpc) is 3.58. The van der Waals surface area contributed by atoms with Crippen molar-refractivity contribution >= 4 is 22.8 Å². The van der Waals surface area contributed by atoms with Gasteiger partial charge in [-0.25, -0.2) is 18.6 Å². The zero-order valence-electron chi connectivity index (χ0n) is 22.9. The van der Waals surface area contributed by atoms with Crippen LogP contribution in [-0.4, -0.2) is 80.1 Å². The number of nitrogens with one attached hydrogen (secondary N) is 1. The van der Waals surface area contributed by atoms with Gasteiger partial charge in [-0.15, -0.1) is 0 Å². The number of imidazole rings is 1. The van der Waals surface area contributed by atoms with Crippen molar-refractivity contribution in [3.05, 3.63) is 67.1 Å². The Morgan fingerprint density at radius 3 is 2.70 bits per heavy atom. The third-order valence-electron chi connectivity index (χ3n) is 8.41. The maximum Gasteiger partial charge on any atom is 0.317 e. The van der Waals surface area contributed by atoms with E-state index < -0.39 is 17.9 Å². The Balaban J connectivity index is 1.27. The van der Waals surface area contributed by atoms with Gasteiger partial charge in [0.05, 0.1) is 17.2 Å². The molecule has 1 aliphatic heterocycles. The second-order valence-corrected chi connectivity index (χ2v) is 11.0. The normalized spacial score (nSPS) is 25.6. The van der Waals surface area contributed by atoms with Crippen LogP contribution >= 0.6 is 0 Å². The molecular weight excluding hydrogens is 512 g/mol. The number of hydrogen-bond acceptors (Lipinski definition) is 4. The first-order chi connectivity index (χ1) is 19.4. The van der Waals surface area contributed by atoms with Crippen LogP contribution in [0.3, 0.4) is 0 Å². The molecule has 0 radical (unpaired) electrons. The van der Waals surface area contributed by atoms with Gasteiger partial charge < -0.3 is 19.7 Å². The second-order valence-electron chi connectivity index (χ2n) is 11.0. The van der Waals surface area contributed by atoms with Crippen molar-refractivity contribution in [3.8, 4) is 11.1 Å². The Kier molecular flexibility index (Phi) is 7.27. The highest BCUT2D eigenvalue weighted by atomic mass is 19.1. The summed E-state index contributed by atoms with van der Waals surface area (Å²) in [5.74, 6) is -1.27. The maximum absolute atomic E-state index is 15.0. The number of aromatic nitrogens is 4. The molecule has 0 bridgehead atoms. The predicted molar refractivity (Wildman–Crippen MR) is 152 cm³/mol. The molecule has 4 atom stereocenters. The lowest BCUT2D eigenvalue weighted by Crippen LogP contribution is -2.54. The Morgan fingerprint density at radius 1 is 1.15 bits per heavy atom. The van der Waals surface area contributed by atoms with Gasteiger partial charge in [0.2, 0.25) is 0 Å². The summed E-state index contributed by atoms with van der Waals surface area (Å²) in [7, 11) is 1.89. The van der Waals surface area contributed by atoms with Crippen molar-refractivity contribution in [2.45, 2.75) is 32.0 Å². The van der Waals surface area contributed by atoms with Crippen LogP contribution < -0.4 is 5.32 Å². The van der Waals surface area contributed by atoms with Crippen LogP contribution in [0.15, 0.2) is 67.1 Å². The molecule has 0 saturated carbocycles. The van der Waals surface area contributed by atoms with Gasteiger partial charge in [-0.2, -0.15) is 5.10 Å². The molecule has 210 valence electrons. The summed E-state index contributed by atoms with van der Waals surface area (Å²) in [5, 5.41) is 7.50. The Hall–Kier alpha value is -3.79. The number of urea groups is 1. The summed E-state index contributed by atoms with van der Waals surface area (Å²) in [6.07, 6.45) is 11.4. The number of fused-ring (bicyclic) bond motifs is 1. The topological polar surface area (TPSA) is 71.2 Å². The highest BCUT2D eigenvalue weighted by molar-refractivity contribution is 5.84. The van der Waals surface area contributed by atoms with E-state index in [9.17, 15) is 9.18 Å². The molecule has 6 rings (SSSR count). The number of carbonyl (C=O) groups excluding carboxylic acids is 1. The molecule has 3 heterocycles. The summed E-state index contributed by atoms with van der Waals surface area (Å²) in [6.45, 7) is 6.20. The van der Waals surface area contributed by atoms with E-state index in [1.54, 1.807) is 17.1 Å². The van der Waals surface area contributed by atoms with Gasteiger partial charge >= 0.3 is 6.03 Å². The van der Waals surface area contributed by atoms with Crippen molar-refractivity contribution in [2.75, 3.05) is 32.7 Å². The van der Waals surface area contributed by atoms with Crippen molar-refractivity contribution in [1.29, 1.82) is 0 Å². The Morgan fingerprint density at radius 2 is 1.98 bits per heavy atom. The number of benzene rings is 1. The van der Waals surface area contributed by atoms with Crippen molar-refractivity contribution in [2.24, 2.45) is 18.9 Å². The van der Waals surface area contributed by atoms with Gasteiger partial charge in [0, 0.05) is 69.1 Å². The second kappa shape index (κ2) is 11.0. The van der Waals surface area contributed by atoms with Gasteiger partial charge in [-0.05, 0) is 48.7 Å². The van der Waals surface area contributed by atoms with E-state index in [1.165, 1.54) is 6.08 Å². The number of amides is 2. The van der Waals surface area contributed by atoms with Gasteiger partial charge in [0.1, 0.15) is 18.3 Å². The number of halogens is 2. The highest BCUT2D eigenvalue weighted by Crippen LogP contribution is 2.38. The van der Waals surface area contributed by atoms with Crippen LogP contribution in [-0.2, 0) is 7.05 Å². The van der Waals surface area contributed by atoms with Crippen molar-refractivity contribution in [1.82, 2.24) is 34.4 Å². The largest absolute Gasteiger partial charge is 0.335 e. The molecule has 1 saturated heterocycles. The van der Waals surface area contributed by atoms with E-state index in [-0.39, 0.29) is 18.0 Å². The van der Waals surface area contributed by atoms with E-state index >= 15 is 4.39 Å². The van der Waals surface area contributed by atoms with E-state index in [0.717, 1.165) is 53.6 Å². The predicted octanol–water partition coefficient (Wildman–Crippen LogP) is 4.78. The van der Waals surface area contributed by atoms with Crippen LogP contribution in [0, 0.1) is 11.8 Å². The third kappa shape index (κ3) is 5.32. The lowest BCUT2D eigenvalue weighted by atomic mass is 9.77. The van der Waals surface area contributed by atoms with E-state index in [2.05, 4.69) is 33.3 Å². The molecule has 1 fully saturated rings. The zero-order valence-corrected chi connectivity index (χ0v) is 22.9. The van der Waals surface area contributed by atoms with Crippen LogP contribution in [0.25, 0.3) is 27.9 Å². The standard InChI is InChI=1S/C30H35F2N7O/c1-3-37-8-10-38(11-9-37)30(40)35-24-12-21(26-6-5-23(31)15-27(26)32)13-25(16-24)39-19-33-28-14-20(4-7-29(28)39)22-17-34-36(2)18-22/h4-7,13-15,17-19,21,24,26-27H,3,8-12,16H2,1-2H3,(H,35,40). The molecule has 40 heavy (non-hydrogen) atoms. The fourth-order valence-corrected chi connectivity index (χ4v) is 6.14. The summed E-state index contributed by atoms with van der Waals surface area (Å²) in [6, 6.07) is 5.84. The molecule has 2 aromatic heterocycles. The van der Waals surface area contributed by atoms with Crippen LogP contribution in [0.4, 0.5) is 13.6 Å². The number of carbonyl (C=O) groups is 1. The Labute approximate surface area is 232 Å². The number of piperazine rings is 1. The van der Waals surface area contributed by atoms with Crippen molar-refractivity contribution in [3.63, 3.8) is 0 Å². The smallest absolute Gasteiger partial charge is 0.317 e. The van der Waals surface area contributed by atoms with Gasteiger partial charge in [0.15, 0.2) is 0 Å². The number of allylic oxidation sites excluding steroid dienone is 5. The molecule has 1 aromatic carbocycles. The minimum absolute atomic E-state index is 0.0840. The first-order valence-electron chi connectivity index (χ1n) is 14.0. The highest BCUT2D eigenvalue weighted by Gasteiger charge is 2.35. The number of nitrogens with zero attached hydrogens (tertiary/aromatic N) is 6. The minimum atomic E-state index is -1.43. The van der Waals surface area contributed by atoms with Gasteiger partial charge in [-0.3, -0.25) is 4.68 Å². The monoisotopic (exact) mass is 547 g/mol. The lowest BCUT2D eigenvalue weighted by Gasteiger charge is -2.37. The number of aryl methyl sites for hydroxylation is 1. The summed E-state index contributed by atoms with van der Waals surface area (Å²) in [5.41, 5.74) is 4.75. The zero-order chi connectivity index (χ0) is 27.8. The van der Waals surface area contributed by atoms with Gasteiger partial charge in [-0.1, -0.05) is 25.1 Å². The fourth-order valence-electron chi connectivity index (χ4n) is 6.14. The minimum Gasteiger partial charge on any atom is -0.335 e. The first kappa shape index (κ1) is 26.4. The molecule has 2 aliphatic carbocycles. The number of alkyl halides is 1. The molecule has 10 heteroatoms. The van der Waals surface area contributed by atoms with Gasteiger partial charge in [0.25, 0.3) is 0 Å². The molecule has 2 amide bonds. The lowest BCUT2D eigenvalue weighted by molar-refractivity contribution is 0.139. The fraction of sp³-hybridized carbons (Fsp3) is 0.433. The summed E-state index contributed by atoms with van der Waals surface area (Å²) in [4.78, 5) is 22.1. The van der Waals surface area contributed by atoms with Crippen LogP contribution in [0.5, 0.6) is 0 Å². The molecular formula is C30H35F2N7O. The molecule has 0 spiro atoms. The van der Waals surface area contributed by atoms with E-state index in [4.69, 9.17) is 0 Å². The summed E-state index contributed by atoms with van der Waals surface area (Å²) < 4.78 is 32.6. The number of likely N-dealkylation sites (N-methyl/N-ethyl adjacent to an activating group) is 1. The molecule has 4 unspecified atom stereocenters. The Bertz CT molecular complexity index is 1480. The molecule has 8 nitrogen and oxygen atoms in total. The molecule has 3 aromatic rings. The number of hydrogen-bond donors (Lipinski definition) is 1. The number of rotatable bonds is 5. The molecule has 3 aliphatic rings. The van der Waals surface area contributed by atoms with E-state index in [1.807, 2.05) is 47.1 Å². The maximum atomic E-state index is 15.0. The molecule has 1 N–H and O–H groups in total. The average molecular weight is 548 g/mol. The van der Waals surface area contributed by atoms with E-state index in [0.29, 0.717) is 25.9 Å². The first-order valence-corrected chi connectivity index (χ1v) is 14.0.